The first-order valence-electron chi connectivity index (χ1n) is 4.28. The maximum Gasteiger partial charge on any atom is 0.271 e. The van der Waals surface area contributed by atoms with Crippen LogP contribution in [0.5, 0.6) is 0 Å². The quantitative estimate of drug-likeness (QED) is 0.656. The third kappa shape index (κ3) is 2.46. The lowest BCUT2D eigenvalue weighted by Crippen LogP contribution is -2.19. The molecule has 0 spiro atoms. The van der Waals surface area contributed by atoms with Crippen molar-refractivity contribution in [3.05, 3.63) is 11.9 Å². The molecule has 1 heterocycles. The molecule has 0 radical (unpaired) electrons. The maximum absolute atomic E-state index is 10.8. The molecule has 0 saturated heterocycles. The van der Waals surface area contributed by atoms with Crippen LogP contribution >= 0.6 is 0 Å². The van der Waals surface area contributed by atoms with Crippen molar-refractivity contribution in [1.82, 2.24) is 14.7 Å². The van der Waals surface area contributed by atoms with Gasteiger partial charge in [-0.05, 0) is 14.1 Å². The first-order valence-corrected chi connectivity index (χ1v) is 4.28. The predicted octanol–water partition coefficient (Wildman–Crippen LogP) is -0.874. The highest BCUT2D eigenvalue weighted by Crippen LogP contribution is 2.07. The minimum absolute atomic E-state index is 0.142. The van der Waals surface area contributed by atoms with Gasteiger partial charge in [0.05, 0.1) is 12.2 Å². The Hall–Kier alpha value is -1.56. The number of nitrogens with two attached hydrogens (primary N) is 2. The summed E-state index contributed by atoms with van der Waals surface area (Å²) in [6, 6.07) is 0. The van der Waals surface area contributed by atoms with E-state index in [0.717, 1.165) is 6.54 Å². The summed E-state index contributed by atoms with van der Waals surface area (Å²) in [5.41, 5.74) is 11.1. The molecule has 6 nitrogen and oxygen atoms in total. The molecule has 0 fully saturated rings. The molecule has 0 aromatic carbocycles. The van der Waals surface area contributed by atoms with Crippen molar-refractivity contribution in [2.24, 2.45) is 5.73 Å². The average Bonchev–Trinajstić information content (AvgIpc) is 2.43. The molecule has 1 amide bonds. The van der Waals surface area contributed by atoms with Crippen molar-refractivity contribution in [3.63, 3.8) is 0 Å². The molecule has 6 heteroatoms. The summed E-state index contributed by atoms with van der Waals surface area (Å²) in [4.78, 5) is 12.8. The third-order valence-corrected chi connectivity index (χ3v) is 1.80. The van der Waals surface area contributed by atoms with Crippen LogP contribution < -0.4 is 11.5 Å². The molecule has 0 bridgehead atoms. The normalized spacial score (nSPS) is 10.8. The highest BCUT2D eigenvalue weighted by Gasteiger charge is 2.10. The van der Waals surface area contributed by atoms with Crippen LogP contribution in [0, 0.1) is 0 Å². The number of hydrogen-bond donors (Lipinski definition) is 2. The second-order valence-electron chi connectivity index (χ2n) is 3.36. The Balaban J connectivity index is 2.71. The smallest absolute Gasteiger partial charge is 0.271 e. The van der Waals surface area contributed by atoms with E-state index in [1.165, 1.54) is 0 Å². The Labute approximate surface area is 82.5 Å². The maximum atomic E-state index is 10.8. The summed E-state index contributed by atoms with van der Waals surface area (Å²) in [6.45, 7) is 1.52. The van der Waals surface area contributed by atoms with Gasteiger partial charge in [0.1, 0.15) is 0 Å². The molecular formula is C8H15N5O. The first-order chi connectivity index (χ1) is 6.50. The molecule has 1 rings (SSSR count). The summed E-state index contributed by atoms with van der Waals surface area (Å²) in [7, 11) is 3.92. The molecule has 1 aromatic rings. The lowest BCUT2D eigenvalue weighted by molar-refractivity contribution is 0.0995. The van der Waals surface area contributed by atoms with E-state index in [4.69, 9.17) is 11.5 Å². The Kier molecular flexibility index (Phi) is 3.08. The number of carbonyl (C=O) groups is 1. The minimum atomic E-state index is -0.592. The van der Waals surface area contributed by atoms with Crippen LogP contribution in [-0.2, 0) is 6.54 Å². The van der Waals surface area contributed by atoms with Crippen molar-refractivity contribution in [2.45, 2.75) is 6.54 Å². The molecule has 14 heavy (non-hydrogen) atoms. The van der Waals surface area contributed by atoms with Gasteiger partial charge in [-0.25, -0.2) is 0 Å². The number of likely N-dealkylation sites (N-methyl/N-ethyl adjacent to an activating group) is 1. The van der Waals surface area contributed by atoms with Gasteiger partial charge in [-0.1, -0.05) is 0 Å². The highest BCUT2D eigenvalue weighted by atomic mass is 16.1. The molecule has 78 valence electrons. The number of nitrogen functional groups attached to an aromatic ring is 1. The second kappa shape index (κ2) is 4.10. The predicted molar refractivity (Wildman–Crippen MR) is 53.7 cm³/mol. The Morgan fingerprint density at radius 3 is 2.71 bits per heavy atom. The van der Waals surface area contributed by atoms with E-state index in [1.807, 2.05) is 19.0 Å². The SMILES string of the molecule is CN(C)CCn1cc(N)c(C(N)=O)n1. The lowest BCUT2D eigenvalue weighted by atomic mass is 10.4. The largest absolute Gasteiger partial charge is 0.396 e. The van der Waals surface area contributed by atoms with Gasteiger partial charge >= 0.3 is 0 Å². The molecule has 0 aliphatic rings. The van der Waals surface area contributed by atoms with E-state index in [2.05, 4.69) is 5.10 Å². The van der Waals surface area contributed by atoms with Crippen LogP contribution in [0.2, 0.25) is 0 Å². The number of primary amides is 1. The zero-order valence-electron chi connectivity index (χ0n) is 8.40. The summed E-state index contributed by atoms with van der Waals surface area (Å²) >= 11 is 0. The van der Waals surface area contributed by atoms with Gasteiger partial charge in [0.25, 0.3) is 5.91 Å². The standard InChI is InChI=1S/C8H15N5O/c1-12(2)3-4-13-5-6(9)7(11-13)8(10)14/h5H,3-4,9H2,1-2H3,(H2,10,14). The second-order valence-corrected chi connectivity index (χ2v) is 3.36. The van der Waals surface area contributed by atoms with Crippen molar-refractivity contribution in [3.8, 4) is 0 Å². The number of anilines is 1. The van der Waals surface area contributed by atoms with Gasteiger partial charge in [0.15, 0.2) is 5.69 Å². The summed E-state index contributed by atoms with van der Waals surface area (Å²) in [5, 5.41) is 3.97. The molecule has 0 atom stereocenters. The van der Waals surface area contributed by atoms with Crippen LogP contribution in [0.15, 0.2) is 6.20 Å². The summed E-state index contributed by atoms with van der Waals surface area (Å²) in [5.74, 6) is -0.592. The minimum Gasteiger partial charge on any atom is -0.396 e. The topological polar surface area (TPSA) is 90.2 Å². The fourth-order valence-electron chi connectivity index (χ4n) is 1.05. The monoisotopic (exact) mass is 197 g/mol. The van der Waals surface area contributed by atoms with E-state index >= 15 is 0 Å². The number of aromatic nitrogens is 2. The zero-order valence-corrected chi connectivity index (χ0v) is 8.40. The molecular weight excluding hydrogens is 182 g/mol. The van der Waals surface area contributed by atoms with Crippen LogP contribution in [0.1, 0.15) is 10.5 Å². The van der Waals surface area contributed by atoms with E-state index < -0.39 is 5.91 Å². The van der Waals surface area contributed by atoms with E-state index in [9.17, 15) is 4.79 Å². The number of nitrogens with zero attached hydrogens (tertiary/aromatic N) is 3. The van der Waals surface area contributed by atoms with E-state index in [1.54, 1.807) is 10.9 Å². The number of hydrogen-bond acceptors (Lipinski definition) is 4. The van der Waals surface area contributed by atoms with Crippen LogP contribution in [0.25, 0.3) is 0 Å². The molecule has 0 unspecified atom stereocenters. The fourth-order valence-corrected chi connectivity index (χ4v) is 1.05. The van der Waals surface area contributed by atoms with Crippen molar-refractivity contribution >= 4 is 11.6 Å². The van der Waals surface area contributed by atoms with Crippen molar-refractivity contribution in [1.29, 1.82) is 0 Å². The lowest BCUT2D eigenvalue weighted by Gasteiger charge is -2.08. The number of carbonyl (C=O) groups excluding carboxylic acids is 1. The van der Waals surface area contributed by atoms with Gasteiger partial charge in [0.2, 0.25) is 0 Å². The fraction of sp³-hybridized carbons (Fsp3) is 0.500. The molecule has 0 aliphatic heterocycles. The Morgan fingerprint density at radius 2 is 2.29 bits per heavy atom. The van der Waals surface area contributed by atoms with Crippen LogP contribution in [-0.4, -0.2) is 41.2 Å². The van der Waals surface area contributed by atoms with Gasteiger partial charge in [-0.2, -0.15) is 5.10 Å². The number of amides is 1. The molecule has 4 N–H and O–H groups in total. The summed E-state index contributed by atoms with van der Waals surface area (Å²) in [6.07, 6.45) is 1.61. The van der Waals surface area contributed by atoms with Gasteiger partial charge in [-0.15, -0.1) is 0 Å². The van der Waals surface area contributed by atoms with Crippen LogP contribution in [0.3, 0.4) is 0 Å². The van der Waals surface area contributed by atoms with E-state index in [-0.39, 0.29) is 5.69 Å². The third-order valence-electron chi connectivity index (χ3n) is 1.80. The molecule has 1 aromatic heterocycles. The van der Waals surface area contributed by atoms with Crippen molar-refractivity contribution < 1.29 is 4.79 Å². The average molecular weight is 197 g/mol. The van der Waals surface area contributed by atoms with Crippen molar-refractivity contribution in [2.75, 3.05) is 26.4 Å². The molecule has 0 aliphatic carbocycles. The first kappa shape index (κ1) is 10.5. The summed E-state index contributed by atoms with van der Waals surface area (Å²) < 4.78 is 1.62. The Bertz CT molecular complexity index is 330. The highest BCUT2D eigenvalue weighted by molar-refractivity contribution is 5.95. The number of rotatable bonds is 4. The van der Waals surface area contributed by atoms with Gasteiger partial charge < -0.3 is 16.4 Å². The van der Waals surface area contributed by atoms with Gasteiger partial charge in [0, 0.05) is 12.7 Å². The molecule has 0 saturated carbocycles. The zero-order chi connectivity index (χ0) is 10.7. The van der Waals surface area contributed by atoms with Gasteiger partial charge in [-0.3, -0.25) is 9.48 Å². The Morgan fingerprint density at radius 1 is 1.64 bits per heavy atom. The van der Waals surface area contributed by atoms with E-state index in [0.29, 0.717) is 12.2 Å². The van der Waals surface area contributed by atoms with Crippen LogP contribution in [0.4, 0.5) is 5.69 Å².